The topological polar surface area (TPSA) is 81.0 Å². The van der Waals surface area contributed by atoms with E-state index in [-0.39, 0.29) is 16.9 Å². The number of anilines is 1. The first-order chi connectivity index (χ1) is 9.84. The Morgan fingerprint density at radius 2 is 1.76 bits per heavy atom. The summed E-state index contributed by atoms with van der Waals surface area (Å²) in [5.41, 5.74) is 2.11. The summed E-state index contributed by atoms with van der Waals surface area (Å²) in [6, 6.07) is 7.66. The van der Waals surface area contributed by atoms with E-state index in [1.54, 1.807) is 7.05 Å². The van der Waals surface area contributed by atoms with Gasteiger partial charge in [0.2, 0.25) is 5.82 Å². The molecular weight excluding hydrogens is 268 g/mol. The van der Waals surface area contributed by atoms with Gasteiger partial charge >= 0.3 is 5.69 Å². The third-order valence-electron chi connectivity index (χ3n) is 3.27. The maximum atomic E-state index is 11.3. The van der Waals surface area contributed by atoms with Gasteiger partial charge in [0.1, 0.15) is 6.33 Å². The van der Waals surface area contributed by atoms with Crippen LogP contribution in [0, 0.1) is 10.1 Å². The van der Waals surface area contributed by atoms with Crippen molar-refractivity contribution in [3.05, 3.63) is 46.3 Å². The first-order valence-electron chi connectivity index (χ1n) is 6.62. The standard InChI is InChI=1S/C15H18N4O2/c1-15(2,3)11-7-5-10(6-8-11)12-13(19(20)21)14(16-4)18-9-17-12/h5-9H,1-4H3,(H,16,17,18). The van der Waals surface area contributed by atoms with Gasteiger partial charge in [-0.1, -0.05) is 45.0 Å². The highest BCUT2D eigenvalue weighted by Gasteiger charge is 2.23. The normalized spacial score (nSPS) is 11.2. The Hall–Kier alpha value is -2.50. The summed E-state index contributed by atoms with van der Waals surface area (Å²) in [6.07, 6.45) is 1.33. The molecule has 0 amide bonds. The number of hydrogen-bond donors (Lipinski definition) is 1. The number of benzene rings is 1. The number of aromatic nitrogens is 2. The molecule has 110 valence electrons. The molecule has 0 saturated carbocycles. The fourth-order valence-electron chi connectivity index (χ4n) is 2.07. The first kappa shape index (κ1) is 14.9. The summed E-state index contributed by atoms with van der Waals surface area (Å²) in [5.74, 6) is 0.213. The molecule has 0 aliphatic heterocycles. The largest absolute Gasteiger partial charge is 0.367 e. The van der Waals surface area contributed by atoms with Gasteiger partial charge in [-0.2, -0.15) is 0 Å². The van der Waals surface area contributed by atoms with Crippen molar-refractivity contribution in [3.8, 4) is 11.3 Å². The van der Waals surface area contributed by atoms with Gasteiger partial charge in [-0.3, -0.25) is 10.1 Å². The van der Waals surface area contributed by atoms with Crippen LogP contribution >= 0.6 is 0 Å². The molecule has 1 aromatic carbocycles. The molecule has 0 radical (unpaired) electrons. The van der Waals surface area contributed by atoms with Crippen LogP contribution in [0.1, 0.15) is 26.3 Å². The Morgan fingerprint density at radius 3 is 2.24 bits per heavy atom. The lowest BCUT2D eigenvalue weighted by atomic mass is 9.86. The second kappa shape index (κ2) is 5.47. The molecule has 0 saturated heterocycles. The van der Waals surface area contributed by atoms with Crippen LogP contribution < -0.4 is 5.32 Å². The van der Waals surface area contributed by atoms with Crippen LogP contribution in [0.2, 0.25) is 0 Å². The molecule has 1 N–H and O–H groups in total. The van der Waals surface area contributed by atoms with Gasteiger partial charge in [-0.25, -0.2) is 9.97 Å². The molecular formula is C15H18N4O2. The van der Waals surface area contributed by atoms with Gasteiger partial charge < -0.3 is 5.32 Å². The molecule has 1 heterocycles. The lowest BCUT2D eigenvalue weighted by Gasteiger charge is -2.19. The van der Waals surface area contributed by atoms with Crippen molar-refractivity contribution in [3.63, 3.8) is 0 Å². The predicted octanol–water partition coefficient (Wildman–Crippen LogP) is 3.39. The molecule has 2 rings (SSSR count). The third kappa shape index (κ3) is 2.99. The van der Waals surface area contributed by atoms with E-state index in [2.05, 4.69) is 36.1 Å². The maximum absolute atomic E-state index is 11.3. The van der Waals surface area contributed by atoms with Crippen molar-refractivity contribution in [1.29, 1.82) is 0 Å². The van der Waals surface area contributed by atoms with Crippen molar-refractivity contribution in [1.82, 2.24) is 9.97 Å². The van der Waals surface area contributed by atoms with Crippen LogP contribution in [0.4, 0.5) is 11.5 Å². The average Bonchev–Trinajstić information content (AvgIpc) is 2.45. The monoisotopic (exact) mass is 286 g/mol. The maximum Gasteiger partial charge on any atom is 0.337 e. The van der Waals surface area contributed by atoms with Crippen LogP contribution in [-0.4, -0.2) is 21.9 Å². The molecule has 0 fully saturated rings. The lowest BCUT2D eigenvalue weighted by molar-refractivity contribution is -0.383. The van der Waals surface area contributed by atoms with Crippen molar-refractivity contribution in [2.45, 2.75) is 26.2 Å². The van der Waals surface area contributed by atoms with Crippen LogP contribution in [0.3, 0.4) is 0 Å². The van der Waals surface area contributed by atoms with Crippen LogP contribution in [0.25, 0.3) is 11.3 Å². The Bertz CT molecular complexity index is 660. The lowest BCUT2D eigenvalue weighted by Crippen LogP contribution is -2.10. The molecule has 2 aromatic rings. The molecule has 0 atom stereocenters. The Morgan fingerprint density at radius 1 is 1.14 bits per heavy atom. The van der Waals surface area contributed by atoms with Crippen LogP contribution in [0.5, 0.6) is 0 Å². The highest BCUT2D eigenvalue weighted by Crippen LogP contribution is 2.33. The molecule has 0 unspecified atom stereocenters. The second-order valence-electron chi connectivity index (χ2n) is 5.75. The van der Waals surface area contributed by atoms with Gasteiger partial charge in [0.05, 0.1) is 4.92 Å². The molecule has 21 heavy (non-hydrogen) atoms. The number of nitro groups is 1. The average molecular weight is 286 g/mol. The Labute approximate surface area is 123 Å². The van der Waals surface area contributed by atoms with Gasteiger partial charge in [0.25, 0.3) is 0 Å². The zero-order chi connectivity index (χ0) is 15.6. The highest BCUT2D eigenvalue weighted by molar-refractivity contribution is 5.76. The van der Waals surface area contributed by atoms with Crippen molar-refractivity contribution < 1.29 is 4.92 Å². The van der Waals surface area contributed by atoms with E-state index in [0.29, 0.717) is 11.3 Å². The van der Waals surface area contributed by atoms with Crippen molar-refractivity contribution in [2.75, 3.05) is 12.4 Å². The molecule has 1 aromatic heterocycles. The Balaban J connectivity index is 2.54. The summed E-state index contributed by atoms with van der Waals surface area (Å²) in [4.78, 5) is 18.8. The van der Waals surface area contributed by atoms with Crippen molar-refractivity contribution >= 4 is 11.5 Å². The summed E-state index contributed by atoms with van der Waals surface area (Å²) < 4.78 is 0. The smallest absolute Gasteiger partial charge is 0.337 e. The van der Waals surface area contributed by atoms with Gasteiger partial charge in [0.15, 0.2) is 5.69 Å². The number of nitrogens with one attached hydrogen (secondary N) is 1. The molecule has 0 aliphatic rings. The second-order valence-corrected chi connectivity index (χ2v) is 5.75. The van der Waals surface area contributed by atoms with E-state index in [1.165, 1.54) is 6.33 Å². The number of nitrogens with zero attached hydrogens (tertiary/aromatic N) is 3. The predicted molar refractivity (Wildman–Crippen MR) is 82.4 cm³/mol. The summed E-state index contributed by atoms with van der Waals surface area (Å²) in [5, 5.41) is 14.0. The van der Waals surface area contributed by atoms with E-state index in [4.69, 9.17) is 0 Å². The first-order valence-corrected chi connectivity index (χ1v) is 6.62. The van der Waals surface area contributed by atoms with Crippen LogP contribution in [0.15, 0.2) is 30.6 Å². The van der Waals surface area contributed by atoms with E-state index < -0.39 is 4.92 Å². The Kier molecular flexibility index (Phi) is 3.88. The number of hydrogen-bond acceptors (Lipinski definition) is 5. The molecule has 0 aliphatic carbocycles. The minimum Gasteiger partial charge on any atom is -0.367 e. The third-order valence-corrected chi connectivity index (χ3v) is 3.27. The molecule has 0 bridgehead atoms. The fraction of sp³-hybridized carbons (Fsp3) is 0.333. The summed E-state index contributed by atoms with van der Waals surface area (Å²) in [7, 11) is 1.60. The summed E-state index contributed by atoms with van der Waals surface area (Å²) in [6.45, 7) is 6.36. The van der Waals surface area contributed by atoms with E-state index in [9.17, 15) is 10.1 Å². The quantitative estimate of drug-likeness (QED) is 0.691. The highest BCUT2D eigenvalue weighted by atomic mass is 16.6. The number of rotatable bonds is 3. The van der Waals surface area contributed by atoms with E-state index in [1.807, 2.05) is 24.3 Å². The minimum absolute atomic E-state index is 0.0340. The van der Waals surface area contributed by atoms with Gasteiger partial charge in [0, 0.05) is 12.6 Å². The zero-order valence-corrected chi connectivity index (χ0v) is 12.5. The molecule has 0 spiro atoms. The molecule has 6 heteroatoms. The summed E-state index contributed by atoms with van der Waals surface area (Å²) >= 11 is 0. The van der Waals surface area contributed by atoms with E-state index in [0.717, 1.165) is 5.56 Å². The van der Waals surface area contributed by atoms with Gasteiger partial charge in [-0.15, -0.1) is 0 Å². The van der Waals surface area contributed by atoms with E-state index >= 15 is 0 Å². The fourth-order valence-corrected chi connectivity index (χ4v) is 2.07. The van der Waals surface area contributed by atoms with Crippen molar-refractivity contribution in [2.24, 2.45) is 0 Å². The SMILES string of the molecule is CNc1ncnc(-c2ccc(C(C)(C)C)cc2)c1[N+](=O)[O-]. The van der Waals surface area contributed by atoms with Gasteiger partial charge in [-0.05, 0) is 11.0 Å². The van der Waals surface area contributed by atoms with Crippen LogP contribution in [-0.2, 0) is 5.41 Å². The minimum atomic E-state index is -0.459. The zero-order valence-electron chi connectivity index (χ0n) is 12.5. The molecule has 6 nitrogen and oxygen atoms in total.